The minimum absolute atomic E-state index is 0.0517. The molecule has 156 valence electrons. The third kappa shape index (κ3) is 6.06. The highest BCUT2D eigenvalue weighted by atomic mass is 16.5. The van der Waals surface area contributed by atoms with Crippen molar-refractivity contribution in [2.45, 2.75) is 97.3 Å². The molecule has 0 aromatic carbocycles. The number of rotatable bonds is 8. The SMILES string of the molecule is CCCCCC1CCC(C2CCC(C(=O)Oc3ccc(CC)nc3)CC2)CC1. The van der Waals surface area contributed by atoms with Crippen LogP contribution in [-0.4, -0.2) is 11.0 Å². The molecule has 2 aliphatic rings. The van der Waals surface area contributed by atoms with Crippen LogP contribution in [-0.2, 0) is 11.2 Å². The Labute approximate surface area is 171 Å². The van der Waals surface area contributed by atoms with Crippen molar-refractivity contribution < 1.29 is 9.53 Å². The molecule has 1 aromatic heterocycles. The molecule has 1 heterocycles. The van der Waals surface area contributed by atoms with E-state index in [0.717, 1.165) is 42.7 Å². The van der Waals surface area contributed by atoms with Gasteiger partial charge in [0.15, 0.2) is 0 Å². The Hall–Kier alpha value is -1.38. The molecule has 0 amide bonds. The Balaban J connectivity index is 1.37. The summed E-state index contributed by atoms with van der Waals surface area (Å²) in [5.74, 6) is 3.35. The minimum atomic E-state index is -0.0517. The van der Waals surface area contributed by atoms with E-state index >= 15 is 0 Å². The van der Waals surface area contributed by atoms with Gasteiger partial charge in [-0.1, -0.05) is 52.4 Å². The predicted molar refractivity (Wildman–Crippen MR) is 114 cm³/mol. The topological polar surface area (TPSA) is 39.2 Å². The number of unbranched alkanes of at least 4 members (excludes halogenated alkanes) is 2. The molecular formula is C25H39NO2. The zero-order valence-electron chi connectivity index (χ0n) is 18.0. The summed E-state index contributed by atoms with van der Waals surface area (Å²) in [6.45, 7) is 4.37. The zero-order valence-corrected chi connectivity index (χ0v) is 18.0. The Bertz CT molecular complexity index is 581. The molecule has 0 atom stereocenters. The van der Waals surface area contributed by atoms with E-state index in [1.807, 2.05) is 12.1 Å². The van der Waals surface area contributed by atoms with Gasteiger partial charge in [0, 0.05) is 5.69 Å². The van der Waals surface area contributed by atoms with Crippen LogP contribution in [0.3, 0.4) is 0 Å². The second-order valence-corrected chi connectivity index (χ2v) is 9.15. The van der Waals surface area contributed by atoms with Gasteiger partial charge in [-0.3, -0.25) is 9.78 Å². The lowest BCUT2D eigenvalue weighted by Gasteiger charge is -2.37. The summed E-state index contributed by atoms with van der Waals surface area (Å²) in [4.78, 5) is 16.8. The van der Waals surface area contributed by atoms with E-state index in [1.165, 1.54) is 64.2 Å². The van der Waals surface area contributed by atoms with Crippen LogP contribution in [0.25, 0.3) is 0 Å². The molecule has 0 N–H and O–H groups in total. The summed E-state index contributed by atoms with van der Waals surface area (Å²) < 4.78 is 5.59. The van der Waals surface area contributed by atoms with Crippen molar-refractivity contribution in [2.75, 3.05) is 0 Å². The first-order valence-corrected chi connectivity index (χ1v) is 11.9. The first-order valence-electron chi connectivity index (χ1n) is 11.9. The number of aryl methyl sites for hydroxylation is 1. The van der Waals surface area contributed by atoms with Crippen LogP contribution in [0.5, 0.6) is 5.75 Å². The summed E-state index contributed by atoms with van der Waals surface area (Å²) in [5, 5.41) is 0. The maximum Gasteiger partial charge on any atom is 0.314 e. The van der Waals surface area contributed by atoms with Gasteiger partial charge in [-0.15, -0.1) is 0 Å². The predicted octanol–water partition coefficient (Wildman–Crippen LogP) is 6.74. The van der Waals surface area contributed by atoms with Crippen molar-refractivity contribution in [1.29, 1.82) is 0 Å². The lowest BCUT2D eigenvalue weighted by atomic mass is 9.68. The van der Waals surface area contributed by atoms with Gasteiger partial charge in [0.1, 0.15) is 5.75 Å². The van der Waals surface area contributed by atoms with Crippen LogP contribution in [0.15, 0.2) is 18.3 Å². The van der Waals surface area contributed by atoms with Gasteiger partial charge in [-0.2, -0.15) is 0 Å². The van der Waals surface area contributed by atoms with Crippen LogP contribution in [0.2, 0.25) is 0 Å². The fraction of sp³-hybridized carbons (Fsp3) is 0.760. The van der Waals surface area contributed by atoms with Gasteiger partial charge in [-0.25, -0.2) is 0 Å². The van der Waals surface area contributed by atoms with Gasteiger partial charge in [0.2, 0.25) is 0 Å². The zero-order chi connectivity index (χ0) is 19.8. The van der Waals surface area contributed by atoms with Crippen molar-refractivity contribution in [1.82, 2.24) is 4.98 Å². The number of pyridine rings is 1. The maximum atomic E-state index is 12.5. The van der Waals surface area contributed by atoms with E-state index in [0.29, 0.717) is 5.75 Å². The van der Waals surface area contributed by atoms with Crippen molar-refractivity contribution in [3.8, 4) is 5.75 Å². The van der Waals surface area contributed by atoms with Crippen molar-refractivity contribution >= 4 is 5.97 Å². The molecule has 28 heavy (non-hydrogen) atoms. The highest BCUT2D eigenvalue weighted by molar-refractivity contribution is 5.75. The number of nitrogens with zero attached hydrogens (tertiary/aromatic N) is 1. The quantitative estimate of drug-likeness (QED) is 0.367. The Morgan fingerprint density at radius 1 is 0.964 bits per heavy atom. The van der Waals surface area contributed by atoms with E-state index in [4.69, 9.17) is 4.74 Å². The van der Waals surface area contributed by atoms with E-state index in [9.17, 15) is 4.79 Å². The van der Waals surface area contributed by atoms with Crippen molar-refractivity contribution in [3.05, 3.63) is 24.0 Å². The first-order chi connectivity index (χ1) is 13.7. The van der Waals surface area contributed by atoms with E-state index in [-0.39, 0.29) is 11.9 Å². The molecule has 3 nitrogen and oxygen atoms in total. The van der Waals surface area contributed by atoms with Gasteiger partial charge in [0.05, 0.1) is 12.1 Å². The molecule has 3 rings (SSSR count). The molecule has 0 saturated heterocycles. The number of hydrogen-bond donors (Lipinski definition) is 0. The van der Waals surface area contributed by atoms with Crippen LogP contribution < -0.4 is 4.74 Å². The smallest absolute Gasteiger partial charge is 0.314 e. The molecule has 2 fully saturated rings. The number of hydrogen-bond acceptors (Lipinski definition) is 3. The number of carbonyl (C=O) groups excluding carboxylic acids is 1. The van der Waals surface area contributed by atoms with Crippen LogP contribution in [0.4, 0.5) is 0 Å². The second-order valence-electron chi connectivity index (χ2n) is 9.15. The summed E-state index contributed by atoms with van der Waals surface area (Å²) in [7, 11) is 0. The molecule has 0 radical (unpaired) electrons. The average Bonchev–Trinajstić information content (AvgIpc) is 2.75. The first kappa shape index (κ1) is 21.3. The fourth-order valence-electron chi connectivity index (χ4n) is 5.34. The highest BCUT2D eigenvalue weighted by Gasteiger charge is 2.33. The Morgan fingerprint density at radius 3 is 2.21 bits per heavy atom. The number of ether oxygens (including phenoxy) is 1. The van der Waals surface area contributed by atoms with Crippen molar-refractivity contribution in [2.24, 2.45) is 23.7 Å². The van der Waals surface area contributed by atoms with Crippen molar-refractivity contribution in [3.63, 3.8) is 0 Å². The molecule has 0 aliphatic heterocycles. The highest BCUT2D eigenvalue weighted by Crippen LogP contribution is 2.42. The Morgan fingerprint density at radius 2 is 1.64 bits per heavy atom. The monoisotopic (exact) mass is 385 g/mol. The minimum Gasteiger partial charge on any atom is -0.425 e. The normalized spacial score (nSPS) is 28.1. The Kier molecular flexibility index (Phi) is 8.36. The molecule has 3 heteroatoms. The second kappa shape index (κ2) is 11.0. The molecule has 2 saturated carbocycles. The van der Waals surface area contributed by atoms with Gasteiger partial charge < -0.3 is 4.74 Å². The molecule has 2 aliphatic carbocycles. The number of carbonyl (C=O) groups is 1. The number of aromatic nitrogens is 1. The largest absolute Gasteiger partial charge is 0.425 e. The average molecular weight is 386 g/mol. The summed E-state index contributed by atoms with van der Waals surface area (Å²) in [6.07, 6.45) is 18.3. The van der Waals surface area contributed by atoms with Gasteiger partial charge in [0.25, 0.3) is 0 Å². The number of esters is 1. The van der Waals surface area contributed by atoms with Gasteiger partial charge in [-0.05, 0) is 74.8 Å². The summed E-state index contributed by atoms with van der Waals surface area (Å²) in [6, 6.07) is 3.81. The van der Waals surface area contributed by atoms with E-state index in [2.05, 4.69) is 18.8 Å². The molecule has 1 aromatic rings. The molecule has 0 spiro atoms. The molecule has 0 unspecified atom stereocenters. The van der Waals surface area contributed by atoms with Crippen LogP contribution in [0.1, 0.15) is 96.6 Å². The lowest BCUT2D eigenvalue weighted by Crippen LogP contribution is -2.30. The fourth-order valence-corrected chi connectivity index (χ4v) is 5.34. The van der Waals surface area contributed by atoms with E-state index < -0.39 is 0 Å². The molecule has 0 bridgehead atoms. The lowest BCUT2D eigenvalue weighted by molar-refractivity contribution is -0.140. The van der Waals surface area contributed by atoms with Gasteiger partial charge >= 0.3 is 5.97 Å². The third-order valence-electron chi connectivity index (χ3n) is 7.26. The molecular weight excluding hydrogens is 346 g/mol. The third-order valence-corrected chi connectivity index (χ3v) is 7.26. The summed E-state index contributed by atoms with van der Waals surface area (Å²) in [5.41, 5.74) is 1.03. The van der Waals surface area contributed by atoms with E-state index in [1.54, 1.807) is 6.20 Å². The summed E-state index contributed by atoms with van der Waals surface area (Å²) >= 11 is 0. The standard InChI is InChI=1S/C25H39NO2/c1-3-5-6-7-19-8-10-20(11-9-19)21-12-14-22(15-13-21)25(27)28-24-17-16-23(4-2)26-18-24/h16-22H,3-15H2,1-2H3. The maximum absolute atomic E-state index is 12.5. The van der Waals surface area contributed by atoms with Crippen LogP contribution >= 0.6 is 0 Å². The van der Waals surface area contributed by atoms with Crippen LogP contribution in [0, 0.1) is 23.7 Å².